The van der Waals surface area contributed by atoms with Gasteiger partial charge in [0.2, 0.25) is 17.8 Å². The lowest BCUT2D eigenvalue weighted by Crippen LogP contribution is -2.58. The smallest absolute Gasteiger partial charge is 0.275 e. The number of amides is 1. The van der Waals surface area contributed by atoms with Crippen molar-refractivity contribution in [2.45, 2.75) is 44.7 Å². The van der Waals surface area contributed by atoms with Crippen LogP contribution in [0.3, 0.4) is 0 Å². The summed E-state index contributed by atoms with van der Waals surface area (Å²) in [5.41, 5.74) is 17.2. The van der Waals surface area contributed by atoms with E-state index < -0.39 is 16.5 Å². The topological polar surface area (TPSA) is 166 Å². The van der Waals surface area contributed by atoms with Gasteiger partial charge in [-0.15, -0.1) is 0 Å². The number of hydrogen-bond acceptors (Lipinski definition) is 8. The van der Waals surface area contributed by atoms with Gasteiger partial charge in [-0.25, -0.2) is 4.99 Å². The number of anilines is 1. The van der Waals surface area contributed by atoms with Gasteiger partial charge >= 0.3 is 0 Å². The summed E-state index contributed by atoms with van der Waals surface area (Å²) in [6.07, 6.45) is 4.24. The predicted octanol–water partition coefficient (Wildman–Crippen LogP) is 1.11. The van der Waals surface area contributed by atoms with Crippen LogP contribution in [0.2, 0.25) is 0 Å². The number of rotatable bonds is 3. The molecular weight excluding hydrogens is 338 g/mol. The highest BCUT2D eigenvalue weighted by atomic mass is 16.6. The van der Waals surface area contributed by atoms with Crippen LogP contribution >= 0.6 is 0 Å². The fourth-order valence-electron chi connectivity index (χ4n) is 3.72. The molecule has 1 saturated carbocycles. The Morgan fingerprint density at radius 2 is 1.92 bits per heavy atom. The number of nitro benzene ring substituents is 1. The highest BCUT2D eigenvalue weighted by Gasteiger charge is 2.44. The minimum absolute atomic E-state index is 0.0265. The molecule has 1 spiro atoms. The molecule has 6 N–H and O–H groups in total. The summed E-state index contributed by atoms with van der Waals surface area (Å²) in [6.45, 7) is 1.60. The van der Waals surface area contributed by atoms with Gasteiger partial charge < -0.3 is 17.2 Å². The Labute approximate surface area is 149 Å². The van der Waals surface area contributed by atoms with E-state index in [2.05, 4.69) is 9.98 Å². The van der Waals surface area contributed by atoms with Gasteiger partial charge in [-0.2, -0.15) is 4.99 Å². The molecule has 0 atom stereocenters. The van der Waals surface area contributed by atoms with Gasteiger partial charge in [0.05, 0.1) is 16.2 Å². The summed E-state index contributed by atoms with van der Waals surface area (Å²) in [4.78, 5) is 32.9. The molecule has 0 bridgehead atoms. The minimum Gasteiger partial charge on any atom is -0.369 e. The summed E-state index contributed by atoms with van der Waals surface area (Å²) in [5, 5.41) is 11.5. The third-order valence-corrected chi connectivity index (χ3v) is 4.93. The fraction of sp³-hybridized carbons (Fsp3) is 0.438. The van der Waals surface area contributed by atoms with Crippen LogP contribution in [0.25, 0.3) is 0 Å². The standard InChI is InChI=1S/C16H21N7O3/c1-9-11(7-10(13(17)24)8-12(9)23(25)26)22-15(19)20-14(18)21-16(22)5-3-2-4-6-16/h7-8H,2-6H2,1H3,(H2,17,24)(H4,18,19,20,21). The van der Waals surface area contributed by atoms with Gasteiger partial charge in [0.25, 0.3) is 5.69 Å². The number of guanidine groups is 2. The average Bonchev–Trinajstić information content (AvgIpc) is 2.55. The first kappa shape index (κ1) is 17.6. The van der Waals surface area contributed by atoms with E-state index >= 15 is 0 Å². The summed E-state index contributed by atoms with van der Waals surface area (Å²) >= 11 is 0. The van der Waals surface area contributed by atoms with Crippen LogP contribution in [-0.4, -0.2) is 28.4 Å². The highest BCUT2D eigenvalue weighted by molar-refractivity contribution is 6.07. The maximum absolute atomic E-state index is 11.7. The van der Waals surface area contributed by atoms with Crippen LogP contribution in [-0.2, 0) is 0 Å². The van der Waals surface area contributed by atoms with Crippen molar-refractivity contribution < 1.29 is 9.72 Å². The first-order valence-corrected chi connectivity index (χ1v) is 8.34. The molecule has 1 amide bonds. The molecule has 1 aromatic carbocycles. The third-order valence-electron chi connectivity index (χ3n) is 4.93. The number of aliphatic imine (C=N–C) groups is 2. The van der Waals surface area contributed by atoms with Crippen molar-refractivity contribution >= 4 is 29.2 Å². The largest absolute Gasteiger partial charge is 0.369 e. The average molecular weight is 359 g/mol. The third kappa shape index (κ3) is 2.83. The Morgan fingerprint density at radius 3 is 2.50 bits per heavy atom. The Kier molecular flexibility index (Phi) is 4.26. The zero-order valence-corrected chi connectivity index (χ0v) is 14.4. The predicted molar refractivity (Wildman–Crippen MR) is 97.9 cm³/mol. The van der Waals surface area contributed by atoms with Crippen molar-refractivity contribution in [3.05, 3.63) is 33.4 Å². The van der Waals surface area contributed by atoms with Gasteiger partial charge in [-0.05, 0) is 38.7 Å². The maximum atomic E-state index is 11.7. The van der Waals surface area contributed by atoms with E-state index in [0.29, 0.717) is 24.1 Å². The summed E-state index contributed by atoms with van der Waals surface area (Å²) in [6, 6.07) is 2.67. The quantitative estimate of drug-likeness (QED) is 0.540. The zero-order valence-electron chi connectivity index (χ0n) is 14.4. The number of carbonyl (C=O) groups is 1. The molecule has 1 fully saturated rings. The molecular formula is C16H21N7O3. The Morgan fingerprint density at radius 1 is 1.27 bits per heavy atom. The molecule has 2 aliphatic rings. The normalized spacial score (nSPS) is 19.0. The van der Waals surface area contributed by atoms with Crippen LogP contribution in [0.1, 0.15) is 48.0 Å². The molecule has 1 aliphatic heterocycles. The Hall–Kier alpha value is -3.17. The van der Waals surface area contributed by atoms with Crippen molar-refractivity contribution in [2.24, 2.45) is 27.2 Å². The second-order valence-electron chi connectivity index (χ2n) is 6.58. The second kappa shape index (κ2) is 6.28. The molecule has 138 valence electrons. The summed E-state index contributed by atoms with van der Waals surface area (Å²) < 4.78 is 0. The van der Waals surface area contributed by atoms with Crippen LogP contribution in [0, 0.1) is 17.0 Å². The number of nitrogens with two attached hydrogens (primary N) is 3. The summed E-state index contributed by atoms with van der Waals surface area (Å²) in [5.74, 6) is -0.583. The highest BCUT2D eigenvalue weighted by Crippen LogP contribution is 2.42. The SMILES string of the molecule is Cc1c(N2C(N)=NC(N)=NC23CCCCC3)cc(C(N)=O)cc1[N+](=O)[O-]. The van der Waals surface area contributed by atoms with Gasteiger partial charge in [-0.3, -0.25) is 19.8 Å². The summed E-state index contributed by atoms with van der Waals surface area (Å²) in [7, 11) is 0. The van der Waals surface area contributed by atoms with E-state index in [1.54, 1.807) is 11.8 Å². The molecule has 0 aromatic heterocycles. The molecule has 10 heteroatoms. The first-order valence-electron chi connectivity index (χ1n) is 8.34. The molecule has 3 rings (SSSR count). The zero-order chi connectivity index (χ0) is 19.1. The fourth-order valence-corrected chi connectivity index (χ4v) is 3.72. The molecule has 1 heterocycles. The molecule has 10 nitrogen and oxygen atoms in total. The minimum atomic E-state index is -0.762. The van der Waals surface area contributed by atoms with E-state index in [1.807, 2.05) is 0 Å². The lowest BCUT2D eigenvalue weighted by Gasteiger charge is -2.46. The van der Waals surface area contributed by atoms with E-state index in [4.69, 9.17) is 17.2 Å². The maximum Gasteiger partial charge on any atom is 0.275 e. The van der Waals surface area contributed by atoms with Gasteiger partial charge in [0.1, 0.15) is 5.66 Å². The number of benzene rings is 1. The number of hydrogen-bond donors (Lipinski definition) is 3. The van der Waals surface area contributed by atoms with Crippen LogP contribution in [0.4, 0.5) is 11.4 Å². The lowest BCUT2D eigenvalue weighted by molar-refractivity contribution is -0.385. The van der Waals surface area contributed by atoms with Crippen LogP contribution in [0.15, 0.2) is 22.1 Å². The molecule has 1 aromatic rings. The lowest BCUT2D eigenvalue weighted by atomic mass is 9.86. The number of nitro groups is 1. The molecule has 0 radical (unpaired) electrons. The van der Waals surface area contributed by atoms with E-state index in [1.165, 1.54) is 12.1 Å². The first-order chi connectivity index (χ1) is 12.2. The number of nitrogens with zero attached hydrogens (tertiary/aromatic N) is 4. The van der Waals surface area contributed by atoms with Crippen LogP contribution < -0.4 is 22.1 Å². The molecule has 0 unspecified atom stereocenters. The van der Waals surface area contributed by atoms with Crippen molar-refractivity contribution in [2.75, 3.05) is 4.90 Å². The number of carbonyl (C=O) groups excluding carboxylic acids is 1. The molecule has 1 aliphatic carbocycles. The van der Waals surface area contributed by atoms with Gasteiger partial charge in [-0.1, -0.05) is 6.42 Å². The monoisotopic (exact) mass is 359 g/mol. The molecule has 0 saturated heterocycles. The Balaban J connectivity index is 2.24. The molecule has 26 heavy (non-hydrogen) atoms. The van der Waals surface area contributed by atoms with E-state index in [9.17, 15) is 14.9 Å². The Bertz CT molecular complexity index is 840. The van der Waals surface area contributed by atoms with Crippen molar-refractivity contribution in [1.29, 1.82) is 0 Å². The van der Waals surface area contributed by atoms with Crippen molar-refractivity contribution in [3.63, 3.8) is 0 Å². The van der Waals surface area contributed by atoms with Gasteiger partial charge in [0, 0.05) is 11.6 Å². The van der Waals surface area contributed by atoms with Crippen molar-refractivity contribution in [3.8, 4) is 0 Å². The second-order valence-corrected chi connectivity index (χ2v) is 6.58. The van der Waals surface area contributed by atoms with E-state index in [0.717, 1.165) is 19.3 Å². The van der Waals surface area contributed by atoms with Crippen LogP contribution in [0.5, 0.6) is 0 Å². The van der Waals surface area contributed by atoms with Crippen molar-refractivity contribution in [1.82, 2.24) is 0 Å². The van der Waals surface area contributed by atoms with E-state index in [-0.39, 0.29) is 23.2 Å². The number of primary amides is 1. The van der Waals surface area contributed by atoms with Gasteiger partial charge in [0.15, 0.2) is 0 Å².